The molecule has 0 spiro atoms. The fraction of sp³-hybridized carbons (Fsp3) is 0.625. The molecular weight excluding hydrogens is 208 g/mol. The van der Waals surface area contributed by atoms with Crippen molar-refractivity contribution < 1.29 is 4.74 Å². The van der Waals surface area contributed by atoms with Crippen LogP contribution in [0.15, 0.2) is 24.3 Å². The molecule has 0 saturated carbocycles. The number of hydrogen-bond donors (Lipinski definition) is 0. The largest absolute Gasteiger partial charge is 0.493 e. The maximum Gasteiger partial charge on any atom is 0.119 e. The molecule has 0 aliphatic heterocycles. The number of hydrogen-bond acceptors (Lipinski definition) is 1. The predicted octanol–water partition coefficient (Wildman–Crippen LogP) is 4.70. The molecule has 1 heteroatoms. The maximum absolute atomic E-state index is 5.83. The second-order valence-electron chi connectivity index (χ2n) is 7.23. The summed E-state index contributed by atoms with van der Waals surface area (Å²) in [4.78, 5) is 0. The summed E-state index contributed by atoms with van der Waals surface area (Å²) in [5.41, 5.74) is 1.88. The normalized spacial score (nSPS) is 12.6. The first-order valence-electron chi connectivity index (χ1n) is 6.37. The van der Waals surface area contributed by atoms with Crippen LogP contribution in [0.4, 0.5) is 0 Å². The molecule has 0 atom stereocenters. The van der Waals surface area contributed by atoms with E-state index in [2.05, 4.69) is 59.7 Å². The molecular formula is C16H26O. The van der Waals surface area contributed by atoms with Crippen molar-refractivity contribution in [2.24, 2.45) is 10.8 Å². The molecule has 0 aromatic heterocycles. The van der Waals surface area contributed by atoms with Gasteiger partial charge in [-0.3, -0.25) is 0 Å². The zero-order valence-electron chi connectivity index (χ0n) is 12.1. The van der Waals surface area contributed by atoms with Crippen LogP contribution < -0.4 is 4.74 Å². The molecule has 0 saturated heterocycles. The minimum Gasteiger partial charge on any atom is -0.493 e. The smallest absolute Gasteiger partial charge is 0.119 e. The Morgan fingerprint density at radius 2 is 1.59 bits per heavy atom. The van der Waals surface area contributed by atoms with Gasteiger partial charge in [-0.15, -0.1) is 0 Å². The van der Waals surface area contributed by atoms with Crippen LogP contribution in [0.2, 0.25) is 0 Å². The van der Waals surface area contributed by atoms with Gasteiger partial charge < -0.3 is 4.74 Å². The first-order chi connectivity index (χ1) is 7.66. The Bertz CT molecular complexity index is 353. The molecule has 96 valence electrons. The van der Waals surface area contributed by atoms with Crippen molar-refractivity contribution >= 4 is 0 Å². The van der Waals surface area contributed by atoms with Crippen molar-refractivity contribution in [2.75, 3.05) is 6.61 Å². The summed E-state index contributed by atoms with van der Waals surface area (Å²) in [6.07, 6.45) is 1.08. The Balaban J connectivity index is 2.66. The van der Waals surface area contributed by atoms with Crippen LogP contribution in [-0.4, -0.2) is 6.61 Å². The summed E-state index contributed by atoms with van der Waals surface area (Å²) in [5, 5.41) is 0. The van der Waals surface area contributed by atoms with Gasteiger partial charge in [0.05, 0.1) is 6.61 Å². The molecule has 1 aromatic rings. The van der Waals surface area contributed by atoms with Gasteiger partial charge in [-0.2, -0.15) is 0 Å². The van der Waals surface area contributed by atoms with Crippen LogP contribution >= 0.6 is 0 Å². The highest BCUT2D eigenvalue weighted by Crippen LogP contribution is 2.24. The van der Waals surface area contributed by atoms with Gasteiger partial charge in [0.25, 0.3) is 0 Å². The third-order valence-electron chi connectivity index (χ3n) is 2.30. The van der Waals surface area contributed by atoms with E-state index in [1.54, 1.807) is 0 Å². The Hall–Kier alpha value is -0.980. The van der Waals surface area contributed by atoms with E-state index >= 15 is 0 Å². The van der Waals surface area contributed by atoms with Crippen molar-refractivity contribution in [3.63, 3.8) is 0 Å². The number of benzene rings is 1. The molecule has 0 aliphatic rings. The monoisotopic (exact) mass is 234 g/mol. The van der Waals surface area contributed by atoms with E-state index in [4.69, 9.17) is 4.74 Å². The lowest BCUT2D eigenvalue weighted by Gasteiger charge is -2.21. The van der Waals surface area contributed by atoms with Gasteiger partial charge in [-0.05, 0) is 34.9 Å². The van der Waals surface area contributed by atoms with Crippen LogP contribution in [0, 0.1) is 10.8 Å². The summed E-state index contributed by atoms with van der Waals surface area (Å²) in [7, 11) is 0. The second kappa shape index (κ2) is 5.12. The van der Waals surface area contributed by atoms with Gasteiger partial charge in [0, 0.05) is 0 Å². The quantitative estimate of drug-likeness (QED) is 0.736. The highest BCUT2D eigenvalue weighted by molar-refractivity contribution is 5.29. The van der Waals surface area contributed by atoms with Crippen molar-refractivity contribution in [1.29, 1.82) is 0 Å². The third kappa shape index (κ3) is 6.35. The minimum atomic E-state index is 0.208. The molecule has 0 bridgehead atoms. The Kier molecular flexibility index (Phi) is 4.24. The van der Waals surface area contributed by atoms with Crippen molar-refractivity contribution in [2.45, 2.75) is 48.0 Å². The van der Waals surface area contributed by atoms with Crippen LogP contribution in [0.1, 0.15) is 47.1 Å². The van der Waals surface area contributed by atoms with E-state index in [0.717, 1.165) is 18.8 Å². The van der Waals surface area contributed by atoms with E-state index in [1.165, 1.54) is 5.56 Å². The SMILES string of the molecule is CC(C)(C)COc1cccc(CC(C)(C)C)c1. The molecule has 0 aliphatic carbocycles. The Morgan fingerprint density at radius 1 is 0.941 bits per heavy atom. The maximum atomic E-state index is 5.83. The van der Waals surface area contributed by atoms with Crippen molar-refractivity contribution in [3.05, 3.63) is 29.8 Å². The highest BCUT2D eigenvalue weighted by Gasteiger charge is 2.13. The lowest BCUT2D eigenvalue weighted by Crippen LogP contribution is -2.17. The van der Waals surface area contributed by atoms with E-state index < -0.39 is 0 Å². The van der Waals surface area contributed by atoms with Crippen molar-refractivity contribution in [1.82, 2.24) is 0 Å². The van der Waals surface area contributed by atoms with Gasteiger partial charge in [0.15, 0.2) is 0 Å². The number of rotatable bonds is 3. The molecule has 0 unspecified atom stereocenters. The summed E-state index contributed by atoms with van der Waals surface area (Å²) < 4.78 is 5.83. The van der Waals surface area contributed by atoms with Crippen LogP contribution in [0.3, 0.4) is 0 Å². The van der Waals surface area contributed by atoms with Crippen LogP contribution in [-0.2, 0) is 6.42 Å². The molecule has 0 amide bonds. The topological polar surface area (TPSA) is 9.23 Å². The molecule has 0 radical (unpaired) electrons. The third-order valence-corrected chi connectivity index (χ3v) is 2.30. The summed E-state index contributed by atoms with van der Waals surface area (Å²) in [6, 6.07) is 8.46. The predicted molar refractivity (Wildman–Crippen MR) is 74.6 cm³/mol. The lowest BCUT2D eigenvalue weighted by atomic mass is 9.88. The molecule has 1 aromatic carbocycles. The Labute approximate surface area is 106 Å². The molecule has 1 rings (SSSR count). The summed E-state index contributed by atoms with van der Waals surface area (Å²) >= 11 is 0. The van der Waals surface area contributed by atoms with Gasteiger partial charge in [-0.25, -0.2) is 0 Å². The molecule has 0 fully saturated rings. The number of ether oxygens (including phenoxy) is 1. The van der Waals surface area contributed by atoms with Gasteiger partial charge in [0.2, 0.25) is 0 Å². The molecule has 0 heterocycles. The standard InChI is InChI=1S/C16H26O/c1-15(2,3)11-13-8-7-9-14(10-13)17-12-16(4,5)6/h7-10H,11-12H2,1-6H3. The van der Waals surface area contributed by atoms with Gasteiger partial charge >= 0.3 is 0 Å². The average molecular weight is 234 g/mol. The molecule has 0 N–H and O–H groups in total. The fourth-order valence-electron chi connectivity index (χ4n) is 1.66. The van der Waals surface area contributed by atoms with Crippen LogP contribution in [0.5, 0.6) is 5.75 Å². The Morgan fingerprint density at radius 3 is 2.12 bits per heavy atom. The van der Waals surface area contributed by atoms with E-state index in [1.807, 2.05) is 6.07 Å². The van der Waals surface area contributed by atoms with Gasteiger partial charge in [-0.1, -0.05) is 53.7 Å². The van der Waals surface area contributed by atoms with E-state index in [9.17, 15) is 0 Å². The first-order valence-corrected chi connectivity index (χ1v) is 6.37. The lowest BCUT2D eigenvalue weighted by molar-refractivity contribution is 0.197. The first kappa shape index (κ1) is 14.1. The van der Waals surface area contributed by atoms with E-state index in [0.29, 0.717) is 5.41 Å². The summed E-state index contributed by atoms with van der Waals surface area (Å²) in [5.74, 6) is 0.988. The zero-order valence-corrected chi connectivity index (χ0v) is 12.1. The second-order valence-corrected chi connectivity index (χ2v) is 7.23. The van der Waals surface area contributed by atoms with E-state index in [-0.39, 0.29) is 5.41 Å². The van der Waals surface area contributed by atoms with Crippen molar-refractivity contribution in [3.8, 4) is 5.75 Å². The minimum absolute atomic E-state index is 0.208. The van der Waals surface area contributed by atoms with Crippen LogP contribution in [0.25, 0.3) is 0 Å². The zero-order chi connectivity index (χ0) is 13.1. The summed E-state index contributed by atoms with van der Waals surface area (Å²) in [6.45, 7) is 14.1. The highest BCUT2D eigenvalue weighted by atomic mass is 16.5. The average Bonchev–Trinajstić information content (AvgIpc) is 2.11. The fourth-order valence-corrected chi connectivity index (χ4v) is 1.66. The van der Waals surface area contributed by atoms with Gasteiger partial charge in [0.1, 0.15) is 5.75 Å². The molecule has 1 nitrogen and oxygen atoms in total. The molecule has 17 heavy (non-hydrogen) atoms.